The summed E-state index contributed by atoms with van der Waals surface area (Å²) in [6.07, 6.45) is -11.8. The van der Waals surface area contributed by atoms with E-state index in [0.717, 1.165) is 0 Å². The Morgan fingerprint density at radius 3 is 1.32 bits per heavy atom. The molecule has 0 aromatic rings. The number of alkyl halides is 13. The molecule has 0 aromatic carbocycles. The minimum Gasteiger partial charge on any atom is -0.462 e. The minimum absolute atomic E-state index is 0.703. The van der Waals surface area contributed by atoms with Gasteiger partial charge < -0.3 is 4.74 Å². The highest BCUT2D eigenvalue weighted by Gasteiger charge is 2.91. The number of ether oxygens (including phenoxy) is 1. The van der Waals surface area contributed by atoms with Crippen molar-refractivity contribution in [2.75, 3.05) is 6.61 Å². The summed E-state index contributed by atoms with van der Waals surface area (Å²) in [5.74, 6) is -43.1. The molecule has 28 heavy (non-hydrogen) atoms. The van der Waals surface area contributed by atoms with E-state index in [2.05, 4.69) is 4.74 Å². The van der Waals surface area contributed by atoms with Crippen LogP contribution in [0, 0.1) is 0 Å². The van der Waals surface area contributed by atoms with Crippen molar-refractivity contribution in [3.05, 3.63) is 11.7 Å². The molecule has 0 N–H and O–H groups in total. The molecule has 0 atom stereocenters. The zero-order valence-electron chi connectivity index (χ0n) is 12.7. The van der Waals surface area contributed by atoms with Gasteiger partial charge in [-0.05, 0) is 6.92 Å². The van der Waals surface area contributed by atoms with Crippen molar-refractivity contribution in [2.45, 2.75) is 42.7 Å². The number of hydrogen-bond donors (Lipinski definition) is 0. The lowest BCUT2D eigenvalue weighted by atomic mass is 9.90. The maximum absolute atomic E-state index is 13.5. The van der Waals surface area contributed by atoms with Crippen LogP contribution in [0.15, 0.2) is 11.7 Å². The third kappa shape index (κ3) is 3.58. The first kappa shape index (κ1) is 26.2. The summed E-state index contributed by atoms with van der Waals surface area (Å²) in [7, 11) is 0. The van der Waals surface area contributed by atoms with Crippen molar-refractivity contribution in [2.24, 2.45) is 0 Å². The number of esters is 1. The molecule has 0 aliphatic carbocycles. The lowest BCUT2D eigenvalue weighted by Gasteiger charge is -2.39. The SMILES string of the molecule is CCOC(=O)C(=C(F)F)C(F)(F)C(F)(F)C(F)(F)C(F)(F)C(F)(F)C(F)(F)F. The van der Waals surface area contributed by atoms with Crippen LogP contribution in [0.2, 0.25) is 0 Å². The summed E-state index contributed by atoms with van der Waals surface area (Å²) in [5.41, 5.74) is -3.94. The van der Waals surface area contributed by atoms with E-state index < -0.39 is 60.0 Å². The molecule has 0 saturated carbocycles. The molecule has 0 aliphatic rings. The maximum atomic E-state index is 13.5. The number of halogens is 15. The molecule has 0 spiro atoms. The molecule has 17 heteroatoms. The smallest absolute Gasteiger partial charge is 0.460 e. The van der Waals surface area contributed by atoms with Crippen LogP contribution in [0.25, 0.3) is 0 Å². The summed E-state index contributed by atoms with van der Waals surface area (Å²) in [5, 5.41) is 0. The van der Waals surface area contributed by atoms with Gasteiger partial charge in [0.15, 0.2) is 5.57 Å². The highest BCUT2D eigenvalue weighted by Crippen LogP contribution is 2.61. The van der Waals surface area contributed by atoms with E-state index in [1.165, 1.54) is 0 Å². The van der Waals surface area contributed by atoms with Gasteiger partial charge in [-0.15, -0.1) is 0 Å². The molecule has 166 valence electrons. The Morgan fingerprint density at radius 1 is 0.679 bits per heavy atom. The largest absolute Gasteiger partial charge is 0.462 e. The zero-order valence-corrected chi connectivity index (χ0v) is 12.7. The molecule has 0 unspecified atom stereocenters. The topological polar surface area (TPSA) is 26.3 Å². The van der Waals surface area contributed by atoms with Gasteiger partial charge in [-0.2, -0.15) is 65.9 Å². The molecule has 0 bridgehead atoms. The molecule has 0 fully saturated rings. The van der Waals surface area contributed by atoms with Crippen molar-refractivity contribution in [3.8, 4) is 0 Å². The van der Waals surface area contributed by atoms with Crippen molar-refractivity contribution in [1.82, 2.24) is 0 Å². The van der Waals surface area contributed by atoms with Crippen molar-refractivity contribution in [3.63, 3.8) is 0 Å². The predicted octanol–water partition coefficient (Wildman–Crippen LogP) is 5.44. The Balaban J connectivity index is 6.70. The molecule has 2 nitrogen and oxygen atoms in total. The van der Waals surface area contributed by atoms with Gasteiger partial charge in [-0.3, -0.25) is 0 Å². The van der Waals surface area contributed by atoms with Crippen LogP contribution >= 0.6 is 0 Å². The third-order valence-corrected chi connectivity index (χ3v) is 2.92. The fourth-order valence-electron chi connectivity index (χ4n) is 1.45. The van der Waals surface area contributed by atoms with Gasteiger partial charge in [0.2, 0.25) is 0 Å². The van der Waals surface area contributed by atoms with E-state index in [4.69, 9.17) is 0 Å². The Hall–Kier alpha value is -1.84. The molecular weight excluding hydrogens is 449 g/mol. The van der Waals surface area contributed by atoms with Gasteiger partial charge in [-0.1, -0.05) is 0 Å². The molecule has 0 saturated heterocycles. The molecule has 0 rings (SSSR count). The van der Waals surface area contributed by atoms with E-state index in [0.29, 0.717) is 6.92 Å². The first-order valence-electron chi connectivity index (χ1n) is 6.24. The molecule has 0 radical (unpaired) electrons. The summed E-state index contributed by atoms with van der Waals surface area (Å²) < 4.78 is 195. The molecule has 0 aromatic heterocycles. The van der Waals surface area contributed by atoms with Crippen LogP contribution in [0.3, 0.4) is 0 Å². The van der Waals surface area contributed by atoms with Crippen LogP contribution in [0.1, 0.15) is 6.92 Å². The molecular formula is C11H5F15O2. The fraction of sp³-hybridized carbons (Fsp3) is 0.727. The molecule has 0 aliphatic heterocycles. The minimum atomic E-state index is -8.30. The Kier molecular flexibility index (Phi) is 6.73. The quantitative estimate of drug-likeness (QED) is 0.291. The van der Waals surface area contributed by atoms with E-state index in [1.54, 1.807) is 0 Å². The average molecular weight is 454 g/mol. The second-order valence-corrected chi connectivity index (χ2v) is 4.73. The normalized spacial score (nSPS) is 14.7. The Morgan fingerprint density at radius 2 is 1.04 bits per heavy atom. The van der Waals surface area contributed by atoms with Crippen LogP contribution in [0.4, 0.5) is 65.9 Å². The Labute approximate surface area is 143 Å². The van der Waals surface area contributed by atoms with Crippen LogP contribution in [-0.2, 0) is 9.53 Å². The van der Waals surface area contributed by atoms with Gasteiger partial charge in [0, 0.05) is 0 Å². The van der Waals surface area contributed by atoms with E-state index in [9.17, 15) is 70.7 Å². The summed E-state index contributed by atoms with van der Waals surface area (Å²) in [6, 6.07) is 0. The van der Waals surface area contributed by atoms with Gasteiger partial charge >= 0.3 is 41.8 Å². The number of carbonyl (C=O) groups is 1. The molecule has 0 heterocycles. The molecule has 0 amide bonds. The van der Waals surface area contributed by atoms with E-state index >= 15 is 0 Å². The average Bonchev–Trinajstić information content (AvgIpc) is 2.44. The highest BCUT2D eigenvalue weighted by atomic mass is 19.4. The lowest BCUT2D eigenvalue weighted by Crippen LogP contribution is -2.70. The van der Waals surface area contributed by atoms with E-state index in [1.807, 2.05) is 0 Å². The number of hydrogen-bond acceptors (Lipinski definition) is 2. The standard InChI is InChI=1S/C11H5F15O2/c1-2-28-5(27)3(4(12)13)6(14,15)7(16,17)8(18,19)9(20,21)10(22,23)11(24,25)26/h2H2,1H3. The van der Waals surface area contributed by atoms with Gasteiger partial charge in [0.25, 0.3) is 6.08 Å². The first-order chi connectivity index (χ1) is 12.1. The van der Waals surface area contributed by atoms with Crippen LogP contribution in [-0.4, -0.2) is 48.4 Å². The first-order valence-corrected chi connectivity index (χ1v) is 6.24. The van der Waals surface area contributed by atoms with Gasteiger partial charge in [-0.25, -0.2) is 4.79 Å². The second kappa shape index (κ2) is 7.20. The summed E-state index contributed by atoms with van der Waals surface area (Å²) >= 11 is 0. The second-order valence-electron chi connectivity index (χ2n) is 4.73. The van der Waals surface area contributed by atoms with Crippen molar-refractivity contribution < 1.29 is 75.4 Å². The zero-order chi connectivity index (χ0) is 23.1. The summed E-state index contributed by atoms with van der Waals surface area (Å²) in [4.78, 5) is 10.9. The predicted molar refractivity (Wildman–Crippen MR) is 56.7 cm³/mol. The lowest BCUT2D eigenvalue weighted by molar-refractivity contribution is -0.436. The van der Waals surface area contributed by atoms with Crippen LogP contribution in [0.5, 0.6) is 0 Å². The third-order valence-electron chi connectivity index (χ3n) is 2.92. The Bertz CT molecular complexity index is 626. The maximum Gasteiger partial charge on any atom is 0.460 e. The highest BCUT2D eigenvalue weighted by molar-refractivity contribution is 5.91. The number of rotatable bonds is 7. The monoisotopic (exact) mass is 454 g/mol. The van der Waals surface area contributed by atoms with Crippen LogP contribution < -0.4 is 0 Å². The van der Waals surface area contributed by atoms with Crippen molar-refractivity contribution in [1.29, 1.82) is 0 Å². The van der Waals surface area contributed by atoms with Gasteiger partial charge in [0.05, 0.1) is 6.61 Å². The summed E-state index contributed by atoms with van der Waals surface area (Å²) in [6.45, 7) is -0.412. The van der Waals surface area contributed by atoms with Crippen molar-refractivity contribution >= 4 is 5.97 Å². The fourth-order valence-corrected chi connectivity index (χ4v) is 1.45. The number of carbonyl (C=O) groups excluding carboxylic acids is 1. The van der Waals surface area contributed by atoms with Gasteiger partial charge in [0.1, 0.15) is 0 Å². The van der Waals surface area contributed by atoms with E-state index in [-0.39, 0.29) is 0 Å².